The molecule has 0 saturated heterocycles. The van der Waals surface area contributed by atoms with Gasteiger partial charge in [-0.3, -0.25) is 0 Å². The van der Waals surface area contributed by atoms with E-state index < -0.39 is 9.84 Å². The van der Waals surface area contributed by atoms with E-state index in [0.29, 0.717) is 22.4 Å². The van der Waals surface area contributed by atoms with Crippen LogP contribution in [0.5, 0.6) is 11.5 Å². The number of sulfone groups is 1. The zero-order chi connectivity index (χ0) is 15.7. The number of nitrogens with two attached hydrogens (primary N) is 1. The summed E-state index contributed by atoms with van der Waals surface area (Å²) in [5.41, 5.74) is 7.47. The lowest BCUT2D eigenvalue weighted by molar-refractivity contribution is 0.368. The molecule has 5 nitrogen and oxygen atoms in total. The van der Waals surface area contributed by atoms with Crippen LogP contribution < -0.4 is 10.5 Å². The second-order valence-corrected chi connectivity index (χ2v) is 6.70. The first-order chi connectivity index (χ1) is 10.5. The van der Waals surface area contributed by atoms with Crippen molar-refractivity contribution >= 4 is 15.4 Å². The van der Waals surface area contributed by atoms with E-state index in [9.17, 15) is 13.5 Å². The summed E-state index contributed by atoms with van der Waals surface area (Å²) in [7, 11) is -3.47. The van der Waals surface area contributed by atoms with Crippen LogP contribution in [-0.4, -0.2) is 20.1 Å². The molecule has 0 amide bonds. The van der Waals surface area contributed by atoms with Gasteiger partial charge in [0.2, 0.25) is 9.84 Å². The molecule has 0 aromatic heterocycles. The first kappa shape index (κ1) is 14.6. The Bertz CT molecular complexity index is 839. The molecule has 2 aromatic rings. The Balaban J connectivity index is 1.89. The lowest BCUT2D eigenvalue weighted by Gasteiger charge is -2.09. The van der Waals surface area contributed by atoms with E-state index >= 15 is 0 Å². The van der Waals surface area contributed by atoms with E-state index in [1.807, 2.05) is 0 Å². The lowest BCUT2D eigenvalue weighted by Crippen LogP contribution is -2.05. The van der Waals surface area contributed by atoms with Crippen LogP contribution in [0.2, 0.25) is 0 Å². The molecule has 0 radical (unpaired) electrons. The van der Waals surface area contributed by atoms with Gasteiger partial charge in [-0.25, -0.2) is 8.42 Å². The fourth-order valence-corrected chi connectivity index (χ4v) is 4.17. The predicted molar refractivity (Wildman–Crippen MR) is 83.1 cm³/mol. The minimum atomic E-state index is -3.47. The molecule has 0 aliphatic carbocycles. The number of phenols is 1. The number of ether oxygens (including phenoxy) is 1. The average Bonchev–Trinajstić information content (AvgIpc) is 2.78. The second-order valence-electron chi connectivity index (χ2n) is 4.97. The highest BCUT2D eigenvalue weighted by atomic mass is 32.2. The summed E-state index contributed by atoms with van der Waals surface area (Å²) in [5, 5.41) is 10.5. The molecule has 0 unspecified atom stereocenters. The Hall–Kier alpha value is -2.31. The van der Waals surface area contributed by atoms with E-state index in [4.69, 9.17) is 10.5 Å². The Kier molecular flexibility index (Phi) is 3.64. The maximum atomic E-state index is 12.3. The van der Waals surface area contributed by atoms with E-state index in [-0.39, 0.29) is 23.8 Å². The van der Waals surface area contributed by atoms with E-state index in [0.717, 1.165) is 0 Å². The third kappa shape index (κ3) is 2.58. The van der Waals surface area contributed by atoms with Crippen LogP contribution in [-0.2, 0) is 16.4 Å². The molecule has 0 fully saturated rings. The molecule has 22 heavy (non-hydrogen) atoms. The van der Waals surface area contributed by atoms with Gasteiger partial charge in [0.25, 0.3) is 0 Å². The molecular weight excluding hydrogens is 302 g/mol. The van der Waals surface area contributed by atoms with Gasteiger partial charge < -0.3 is 15.6 Å². The van der Waals surface area contributed by atoms with Gasteiger partial charge >= 0.3 is 0 Å². The Morgan fingerprint density at radius 2 is 1.82 bits per heavy atom. The average molecular weight is 317 g/mol. The van der Waals surface area contributed by atoms with Gasteiger partial charge in [0.1, 0.15) is 18.1 Å². The fourth-order valence-electron chi connectivity index (χ4n) is 2.46. The summed E-state index contributed by atoms with van der Waals surface area (Å²) < 4.78 is 30.2. The minimum Gasteiger partial charge on any atom is -0.508 e. The van der Waals surface area contributed by atoms with Gasteiger partial charge in [-0.05, 0) is 29.8 Å². The van der Waals surface area contributed by atoms with E-state index in [2.05, 4.69) is 0 Å². The highest BCUT2D eigenvalue weighted by Crippen LogP contribution is 2.36. The number of benzene rings is 2. The summed E-state index contributed by atoms with van der Waals surface area (Å²) >= 11 is 0. The van der Waals surface area contributed by atoms with Crippen molar-refractivity contribution in [2.45, 2.75) is 11.4 Å². The zero-order valence-corrected chi connectivity index (χ0v) is 12.5. The monoisotopic (exact) mass is 317 g/mol. The van der Waals surface area contributed by atoms with Crippen LogP contribution >= 0.6 is 0 Å². The zero-order valence-electron chi connectivity index (χ0n) is 11.7. The van der Waals surface area contributed by atoms with Crippen LogP contribution in [0.4, 0.5) is 0 Å². The third-order valence-corrected chi connectivity index (χ3v) is 5.12. The van der Waals surface area contributed by atoms with Gasteiger partial charge in [0, 0.05) is 23.1 Å². The van der Waals surface area contributed by atoms with Crippen molar-refractivity contribution in [1.29, 1.82) is 0 Å². The number of phenolic OH excluding ortho intramolecular Hbond substituents is 1. The molecule has 114 valence electrons. The molecule has 3 rings (SSSR count). The highest BCUT2D eigenvalue weighted by molar-refractivity contribution is 7.95. The lowest BCUT2D eigenvalue weighted by atomic mass is 10.1. The van der Waals surface area contributed by atoms with Gasteiger partial charge in [0.05, 0.1) is 4.90 Å². The van der Waals surface area contributed by atoms with Crippen molar-refractivity contribution in [2.24, 2.45) is 5.73 Å². The Morgan fingerprint density at radius 1 is 1.09 bits per heavy atom. The molecule has 1 heterocycles. The third-order valence-electron chi connectivity index (χ3n) is 3.48. The molecule has 3 N–H and O–H groups in total. The van der Waals surface area contributed by atoms with Gasteiger partial charge in [-0.1, -0.05) is 18.2 Å². The maximum Gasteiger partial charge on any atom is 0.201 e. The smallest absolute Gasteiger partial charge is 0.201 e. The topological polar surface area (TPSA) is 89.6 Å². The van der Waals surface area contributed by atoms with E-state index in [1.54, 1.807) is 30.3 Å². The summed E-state index contributed by atoms with van der Waals surface area (Å²) in [6.45, 7) is 0.299. The number of fused-ring (bicyclic) bond motifs is 1. The van der Waals surface area contributed by atoms with Crippen molar-refractivity contribution in [3.8, 4) is 11.5 Å². The molecule has 0 atom stereocenters. The summed E-state index contributed by atoms with van der Waals surface area (Å²) in [5.74, 6) is 0.701. The number of hydrogen-bond acceptors (Lipinski definition) is 5. The predicted octanol–water partition coefficient (Wildman–Crippen LogP) is 2.06. The van der Waals surface area contributed by atoms with Crippen LogP contribution in [0.25, 0.3) is 5.57 Å². The van der Waals surface area contributed by atoms with Crippen LogP contribution in [0.1, 0.15) is 11.1 Å². The van der Waals surface area contributed by atoms with Gasteiger partial charge in [0.15, 0.2) is 0 Å². The first-order valence-corrected chi connectivity index (χ1v) is 8.26. The number of rotatable bonds is 4. The summed E-state index contributed by atoms with van der Waals surface area (Å²) in [6.07, 6.45) is 0. The highest BCUT2D eigenvalue weighted by Gasteiger charge is 2.29. The van der Waals surface area contributed by atoms with Crippen LogP contribution in [0.3, 0.4) is 0 Å². The molecule has 0 bridgehead atoms. The summed E-state index contributed by atoms with van der Waals surface area (Å²) in [4.78, 5) is 0.279. The largest absolute Gasteiger partial charge is 0.508 e. The van der Waals surface area contributed by atoms with E-state index in [1.165, 1.54) is 17.5 Å². The molecule has 6 heteroatoms. The molecule has 0 spiro atoms. The number of hydrogen-bond donors (Lipinski definition) is 2. The van der Waals surface area contributed by atoms with Gasteiger partial charge in [-0.15, -0.1) is 0 Å². The van der Waals surface area contributed by atoms with Crippen molar-refractivity contribution in [1.82, 2.24) is 0 Å². The van der Waals surface area contributed by atoms with Crippen molar-refractivity contribution in [3.05, 3.63) is 59.0 Å². The fraction of sp³-hybridized carbons (Fsp3) is 0.125. The molecule has 2 aromatic carbocycles. The first-order valence-electron chi connectivity index (χ1n) is 6.71. The Labute approximate surface area is 128 Å². The standard InChI is InChI=1S/C16H15NO4S/c17-8-11-2-1-3-15-12(10-22(19,20)16(11)15)9-21-14-6-4-13(18)5-7-14/h1-7,10,18H,8-9,17H2. The molecule has 0 saturated carbocycles. The normalized spacial score (nSPS) is 15.2. The quantitative estimate of drug-likeness (QED) is 0.901. The number of aromatic hydroxyl groups is 1. The SMILES string of the molecule is NCc1cccc2c1S(=O)(=O)C=C2COc1ccc(O)cc1. The molecule has 1 aliphatic rings. The second kappa shape index (κ2) is 5.47. The van der Waals surface area contributed by atoms with Gasteiger partial charge in [-0.2, -0.15) is 0 Å². The van der Waals surface area contributed by atoms with Crippen LogP contribution in [0.15, 0.2) is 52.8 Å². The molecule has 1 aliphatic heterocycles. The van der Waals surface area contributed by atoms with Crippen molar-refractivity contribution in [3.63, 3.8) is 0 Å². The Morgan fingerprint density at radius 3 is 2.50 bits per heavy atom. The minimum absolute atomic E-state index is 0.130. The van der Waals surface area contributed by atoms with Crippen LogP contribution in [0, 0.1) is 0 Å². The summed E-state index contributed by atoms with van der Waals surface area (Å²) in [6, 6.07) is 11.5. The maximum absolute atomic E-state index is 12.3. The van der Waals surface area contributed by atoms with Crippen molar-refractivity contribution < 1.29 is 18.3 Å². The van der Waals surface area contributed by atoms with Crippen molar-refractivity contribution in [2.75, 3.05) is 6.61 Å². The molecular formula is C16H15NO4S.